The van der Waals surface area contributed by atoms with E-state index in [1.807, 2.05) is 51.1 Å². The van der Waals surface area contributed by atoms with Crippen molar-refractivity contribution >= 4 is 6.09 Å². The van der Waals surface area contributed by atoms with Gasteiger partial charge in [0.25, 0.3) is 0 Å². The topological polar surface area (TPSA) is 68.2 Å². The molecule has 1 N–H and O–H groups in total. The normalized spacial score (nSPS) is 23.1. The Balaban J connectivity index is 2.40. The van der Waals surface area contributed by atoms with Crippen LogP contribution in [0.1, 0.15) is 40.2 Å². The van der Waals surface area contributed by atoms with Crippen LogP contribution in [0.15, 0.2) is 55.6 Å². The fourth-order valence-corrected chi connectivity index (χ4v) is 3.31. The number of hydrogen-bond donors (Lipinski definition) is 1. The van der Waals surface area contributed by atoms with E-state index in [4.69, 9.17) is 14.2 Å². The summed E-state index contributed by atoms with van der Waals surface area (Å²) in [4.78, 5) is 14.7. The minimum absolute atomic E-state index is 0.295. The molecule has 29 heavy (non-hydrogen) atoms. The lowest BCUT2D eigenvalue weighted by Crippen LogP contribution is -2.52. The summed E-state index contributed by atoms with van der Waals surface area (Å²) in [6, 6.07) is 9.01. The van der Waals surface area contributed by atoms with Gasteiger partial charge in [0, 0.05) is 6.54 Å². The number of carbonyl (C=O) groups excluding carboxylic acids is 1. The number of aliphatic hydroxyl groups excluding tert-OH is 1. The van der Waals surface area contributed by atoms with Gasteiger partial charge in [-0.2, -0.15) is 0 Å². The lowest BCUT2D eigenvalue weighted by Gasteiger charge is -2.36. The van der Waals surface area contributed by atoms with E-state index >= 15 is 0 Å². The molecule has 6 nitrogen and oxygen atoms in total. The lowest BCUT2D eigenvalue weighted by molar-refractivity contribution is -0.155. The molecule has 0 spiro atoms. The Bertz CT molecular complexity index is 710. The van der Waals surface area contributed by atoms with E-state index < -0.39 is 41.8 Å². The molecule has 1 amide bonds. The maximum atomic E-state index is 13.1. The van der Waals surface area contributed by atoms with Crippen molar-refractivity contribution in [2.45, 2.75) is 76.9 Å². The highest BCUT2D eigenvalue weighted by Crippen LogP contribution is 2.34. The standard InChI is InChI=1S/C23H33NO5/c1-8-17(19-20(18(25)9-2)28-23(6,7)27-19)24(21(26)29-22(3,4)5)15-16-13-11-10-12-14-16/h8-14,17-20,25H,1-2,15H2,3-7H3/t17-,18+,19-,20-/m1/s1. The van der Waals surface area contributed by atoms with Crippen LogP contribution in [0.25, 0.3) is 0 Å². The van der Waals surface area contributed by atoms with Crippen molar-refractivity contribution in [2.24, 2.45) is 0 Å². The monoisotopic (exact) mass is 403 g/mol. The molecule has 0 radical (unpaired) electrons. The van der Waals surface area contributed by atoms with Crippen LogP contribution in [-0.2, 0) is 20.8 Å². The molecule has 1 saturated heterocycles. The van der Waals surface area contributed by atoms with Gasteiger partial charge < -0.3 is 19.3 Å². The van der Waals surface area contributed by atoms with Gasteiger partial charge in [-0.3, -0.25) is 4.90 Å². The number of benzene rings is 1. The van der Waals surface area contributed by atoms with Crippen LogP contribution in [0.5, 0.6) is 0 Å². The molecule has 1 aromatic rings. The summed E-state index contributed by atoms with van der Waals surface area (Å²) in [7, 11) is 0. The first-order valence-corrected chi connectivity index (χ1v) is 9.80. The first-order chi connectivity index (χ1) is 13.5. The van der Waals surface area contributed by atoms with Crippen LogP contribution in [0.4, 0.5) is 4.79 Å². The number of nitrogens with zero attached hydrogens (tertiary/aromatic N) is 1. The zero-order valence-corrected chi connectivity index (χ0v) is 18.0. The number of carbonyl (C=O) groups is 1. The first-order valence-electron chi connectivity index (χ1n) is 9.80. The van der Waals surface area contributed by atoms with Crippen molar-refractivity contribution in [1.82, 2.24) is 4.90 Å². The zero-order valence-electron chi connectivity index (χ0n) is 18.0. The van der Waals surface area contributed by atoms with E-state index in [0.29, 0.717) is 6.54 Å². The summed E-state index contributed by atoms with van der Waals surface area (Å²) in [5.74, 6) is -0.924. The van der Waals surface area contributed by atoms with Gasteiger partial charge in [0.15, 0.2) is 5.79 Å². The van der Waals surface area contributed by atoms with Gasteiger partial charge in [-0.25, -0.2) is 4.79 Å². The molecule has 1 aromatic carbocycles. The number of hydrogen-bond acceptors (Lipinski definition) is 5. The molecule has 160 valence electrons. The predicted molar refractivity (Wildman–Crippen MR) is 112 cm³/mol. The number of amides is 1. The molecule has 0 bridgehead atoms. The Hall–Kier alpha value is -2.15. The summed E-state index contributed by atoms with van der Waals surface area (Å²) in [5, 5.41) is 10.4. The molecule has 2 rings (SSSR count). The van der Waals surface area contributed by atoms with Crippen molar-refractivity contribution in [2.75, 3.05) is 0 Å². The highest BCUT2D eigenvalue weighted by Gasteiger charge is 2.49. The third-order valence-corrected chi connectivity index (χ3v) is 4.50. The largest absolute Gasteiger partial charge is 0.444 e. The third kappa shape index (κ3) is 6.16. The van der Waals surface area contributed by atoms with E-state index in [0.717, 1.165) is 5.56 Å². The zero-order chi connectivity index (χ0) is 21.8. The Labute approximate surface area is 173 Å². The van der Waals surface area contributed by atoms with E-state index in [1.165, 1.54) is 6.08 Å². The highest BCUT2D eigenvalue weighted by atomic mass is 16.8. The minimum Gasteiger partial charge on any atom is -0.444 e. The molecule has 0 aromatic heterocycles. The molecule has 0 unspecified atom stereocenters. The maximum absolute atomic E-state index is 13.1. The van der Waals surface area contributed by atoms with Crippen LogP contribution < -0.4 is 0 Å². The van der Waals surface area contributed by atoms with Crippen molar-refractivity contribution < 1.29 is 24.1 Å². The molecule has 1 aliphatic rings. The van der Waals surface area contributed by atoms with Crippen LogP contribution in [-0.4, -0.2) is 51.8 Å². The third-order valence-electron chi connectivity index (χ3n) is 4.50. The molecule has 1 heterocycles. The highest BCUT2D eigenvalue weighted by molar-refractivity contribution is 5.69. The number of aliphatic hydroxyl groups is 1. The fraction of sp³-hybridized carbons (Fsp3) is 0.522. The van der Waals surface area contributed by atoms with Gasteiger partial charge >= 0.3 is 6.09 Å². The van der Waals surface area contributed by atoms with E-state index in [9.17, 15) is 9.90 Å². The minimum atomic E-state index is -0.957. The second-order valence-corrected chi connectivity index (χ2v) is 8.61. The quantitative estimate of drug-likeness (QED) is 0.696. The maximum Gasteiger partial charge on any atom is 0.411 e. The average molecular weight is 404 g/mol. The summed E-state index contributed by atoms with van der Waals surface area (Å²) >= 11 is 0. The van der Waals surface area contributed by atoms with Crippen molar-refractivity contribution in [3.8, 4) is 0 Å². The van der Waals surface area contributed by atoms with E-state index in [1.54, 1.807) is 24.8 Å². The van der Waals surface area contributed by atoms with Gasteiger partial charge in [-0.05, 0) is 40.2 Å². The number of ether oxygens (including phenoxy) is 3. The molecular formula is C23H33NO5. The summed E-state index contributed by atoms with van der Waals surface area (Å²) in [6.45, 7) is 16.9. The van der Waals surface area contributed by atoms with Gasteiger partial charge in [-0.15, -0.1) is 13.2 Å². The van der Waals surface area contributed by atoms with Crippen molar-refractivity contribution in [3.63, 3.8) is 0 Å². The van der Waals surface area contributed by atoms with Gasteiger partial charge in [-0.1, -0.05) is 42.5 Å². The predicted octanol–water partition coefficient (Wildman–Crippen LogP) is 4.05. The van der Waals surface area contributed by atoms with Gasteiger partial charge in [0.05, 0.1) is 6.04 Å². The first kappa shape index (κ1) is 23.1. The smallest absolute Gasteiger partial charge is 0.411 e. The SMILES string of the molecule is C=C[C@H]([C@H]1OC(C)(C)O[C@@H]1[C@@H](O)C=C)N(Cc1ccccc1)C(=O)OC(C)(C)C. The Morgan fingerprint density at radius 1 is 1.21 bits per heavy atom. The average Bonchev–Trinajstić information content (AvgIpc) is 2.95. The van der Waals surface area contributed by atoms with Crippen molar-refractivity contribution in [1.29, 1.82) is 0 Å². The molecule has 6 heteroatoms. The summed E-state index contributed by atoms with van der Waals surface area (Å²) < 4.78 is 17.6. The molecular weight excluding hydrogens is 370 g/mol. The van der Waals surface area contributed by atoms with Crippen LogP contribution in [0.3, 0.4) is 0 Å². The molecule has 4 atom stereocenters. The summed E-state index contributed by atoms with van der Waals surface area (Å²) in [5.41, 5.74) is 0.272. The van der Waals surface area contributed by atoms with Crippen molar-refractivity contribution in [3.05, 3.63) is 61.2 Å². The Morgan fingerprint density at radius 2 is 1.79 bits per heavy atom. The Kier molecular flexibility index (Phi) is 7.27. The number of rotatable bonds is 7. The molecule has 1 fully saturated rings. The molecule has 1 aliphatic heterocycles. The van der Waals surface area contributed by atoms with Gasteiger partial charge in [0.2, 0.25) is 0 Å². The van der Waals surface area contributed by atoms with E-state index in [-0.39, 0.29) is 0 Å². The molecule has 0 aliphatic carbocycles. The van der Waals surface area contributed by atoms with Crippen LogP contribution in [0.2, 0.25) is 0 Å². The second kappa shape index (κ2) is 9.11. The summed E-state index contributed by atoms with van der Waals surface area (Å²) in [6.07, 6.45) is 0.230. The van der Waals surface area contributed by atoms with E-state index in [2.05, 4.69) is 13.2 Å². The van der Waals surface area contributed by atoms with Gasteiger partial charge in [0.1, 0.15) is 23.9 Å². The Morgan fingerprint density at radius 3 is 2.31 bits per heavy atom. The van der Waals surface area contributed by atoms with Crippen LogP contribution in [0, 0.1) is 0 Å². The molecule has 0 saturated carbocycles. The fourth-order valence-electron chi connectivity index (χ4n) is 3.31. The van der Waals surface area contributed by atoms with Crippen LogP contribution >= 0.6 is 0 Å². The second-order valence-electron chi connectivity index (χ2n) is 8.61. The lowest BCUT2D eigenvalue weighted by atomic mass is 9.99.